The third kappa shape index (κ3) is 4.13. The minimum atomic E-state index is -4.64. The monoisotopic (exact) mass is 406 g/mol. The molecule has 0 aliphatic carbocycles. The van der Waals surface area contributed by atoms with Crippen molar-refractivity contribution in [1.29, 1.82) is 0 Å². The smallest absolute Gasteiger partial charge is 0.453 e. The van der Waals surface area contributed by atoms with Crippen LogP contribution in [0.1, 0.15) is 24.4 Å². The van der Waals surface area contributed by atoms with Crippen LogP contribution < -0.4 is 4.90 Å². The summed E-state index contributed by atoms with van der Waals surface area (Å²) in [6, 6.07) is 8.42. The molecule has 1 saturated heterocycles. The number of carbonyl (C=O) groups is 1. The van der Waals surface area contributed by atoms with Gasteiger partial charge in [-0.05, 0) is 37.1 Å². The first-order chi connectivity index (χ1) is 13.9. The van der Waals surface area contributed by atoms with Gasteiger partial charge in [0.25, 0.3) is 5.82 Å². The van der Waals surface area contributed by atoms with Crippen LogP contribution in [0.2, 0.25) is 0 Å². The Bertz CT molecular complexity index is 1000. The fraction of sp³-hybridized carbons (Fsp3) is 0.389. The van der Waals surface area contributed by atoms with Crippen molar-refractivity contribution in [2.45, 2.75) is 25.6 Å². The molecule has 0 bridgehead atoms. The number of nitrogens with zero attached hydrogens (tertiary/aromatic N) is 6. The molecule has 0 radical (unpaired) electrons. The molecule has 1 aliphatic heterocycles. The number of anilines is 1. The summed E-state index contributed by atoms with van der Waals surface area (Å²) >= 11 is 0. The van der Waals surface area contributed by atoms with Crippen molar-refractivity contribution in [2.24, 2.45) is 5.92 Å². The van der Waals surface area contributed by atoms with Gasteiger partial charge in [-0.1, -0.05) is 6.07 Å². The van der Waals surface area contributed by atoms with E-state index in [2.05, 4.69) is 20.3 Å². The maximum atomic E-state index is 13.0. The summed E-state index contributed by atoms with van der Waals surface area (Å²) < 4.78 is 45.1. The summed E-state index contributed by atoms with van der Waals surface area (Å²) in [6.45, 7) is 1.07. The standard InChI is InChI=1S/C18H17F3N6O2/c19-18(20,21)17-24-23-14-4-5-15(25-27(14)17)26-9-6-12(7-10-26)16(28)29-11-13-3-1-2-8-22-13/h1-5,8,12H,6-7,9-11H2. The van der Waals surface area contributed by atoms with Crippen LogP contribution in [0, 0.1) is 5.92 Å². The Morgan fingerprint density at radius 1 is 1.14 bits per heavy atom. The normalized spacial score (nSPS) is 15.6. The highest BCUT2D eigenvalue weighted by Gasteiger charge is 2.38. The van der Waals surface area contributed by atoms with Gasteiger partial charge in [-0.25, -0.2) is 0 Å². The first kappa shape index (κ1) is 19.1. The zero-order valence-corrected chi connectivity index (χ0v) is 15.2. The quantitative estimate of drug-likeness (QED) is 0.616. The van der Waals surface area contributed by atoms with Gasteiger partial charge >= 0.3 is 12.1 Å². The zero-order chi connectivity index (χ0) is 20.4. The second-order valence-corrected chi connectivity index (χ2v) is 6.67. The van der Waals surface area contributed by atoms with Crippen molar-refractivity contribution in [3.05, 3.63) is 48.0 Å². The molecule has 0 atom stereocenters. The lowest BCUT2D eigenvalue weighted by molar-refractivity contribution is -0.150. The summed E-state index contributed by atoms with van der Waals surface area (Å²) in [5.74, 6) is -1.35. The number of ether oxygens (including phenoxy) is 1. The number of aromatic nitrogens is 5. The summed E-state index contributed by atoms with van der Waals surface area (Å²) in [4.78, 5) is 18.2. The van der Waals surface area contributed by atoms with Gasteiger partial charge in [-0.15, -0.1) is 15.3 Å². The van der Waals surface area contributed by atoms with Gasteiger partial charge < -0.3 is 9.64 Å². The van der Waals surface area contributed by atoms with Gasteiger partial charge in [0, 0.05) is 19.3 Å². The molecule has 0 saturated carbocycles. The molecule has 3 aromatic heterocycles. The van der Waals surface area contributed by atoms with Gasteiger partial charge in [0.1, 0.15) is 12.4 Å². The second kappa shape index (κ2) is 7.64. The van der Waals surface area contributed by atoms with Crippen molar-refractivity contribution in [3.63, 3.8) is 0 Å². The number of fused-ring (bicyclic) bond motifs is 1. The molecule has 11 heteroatoms. The number of esters is 1. The largest absolute Gasteiger partial charge is 0.459 e. The van der Waals surface area contributed by atoms with Gasteiger partial charge in [-0.3, -0.25) is 9.78 Å². The van der Waals surface area contributed by atoms with Crippen molar-refractivity contribution in [1.82, 2.24) is 24.8 Å². The number of piperidine rings is 1. The highest BCUT2D eigenvalue weighted by atomic mass is 19.4. The predicted octanol–water partition coefficient (Wildman–Crippen LogP) is 2.50. The number of rotatable bonds is 4. The van der Waals surface area contributed by atoms with Crippen LogP contribution in [0.4, 0.5) is 19.0 Å². The van der Waals surface area contributed by atoms with E-state index in [4.69, 9.17) is 4.74 Å². The minimum absolute atomic E-state index is 0.0223. The second-order valence-electron chi connectivity index (χ2n) is 6.67. The molecule has 0 amide bonds. The highest BCUT2D eigenvalue weighted by molar-refractivity contribution is 5.72. The number of pyridine rings is 1. The predicted molar refractivity (Wildman–Crippen MR) is 94.8 cm³/mol. The summed E-state index contributed by atoms with van der Waals surface area (Å²) in [5, 5.41) is 10.7. The van der Waals surface area contributed by atoms with Crippen molar-refractivity contribution in [3.8, 4) is 0 Å². The lowest BCUT2D eigenvalue weighted by atomic mass is 9.97. The van der Waals surface area contributed by atoms with E-state index < -0.39 is 12.0 Å². The van der Waals surface area contributed by atoms with E-state index in [1.54, 1.807) is 24.4 Å². The first-order valence-electron chi connectivity index (χ1n) is 9.03. The number of hydrogen-bond acceptors (Lipinski definition) is 7. The van der Waals surface area contributed by atoms with E-state index in [1.807, 2.05) is 11.0 Å². The van der Waals surface area contributed by atoms with Crippen LogP contribution in [0.5, 0.6) is 0 Å². The summed E-state index contributed by atoms with van der Waals surface area (Å²) in [6.07, 6.45) is -1.97. The number of hydrogen-bond donors (Lipinski definition) is 0. The van der Waals surface area contributed by atoms with Crippen LogP contribution >= 0.6 is 0 Å². The minimum Gasteiger partial charge on any atom is -0.459 e. The van der Waals surface area contributed by atoms with Gasteiger partial charge in [0.05, 0.1) is 11.6 Å². The summed E-state index contributed by atoms with van der Waals surface area (Å²) in [7, 11) is 0. The van der Waals surface area contributed by atoms with E-state index in [9.17, 15) is 18.0 Å². The Kier molecular flexibility index (Phi) is 5.03. The Balaban J connectivity index is 1.38. The van der Waals surface area contributed by atoms with Crippen LogP contribution in [0.25, 0.3) is 5.65 Å². The van der Waals surface area contributed by atoms with Crippen LogP contribution in [0.3, 0.4) is 0 Å². The molecule has 8 nitrogen and oxygen atoms in total. The molecule has 1 fully saturated rings. The van der Waals surface area contributed by atoms with Crippen LogP contribution in [0.15, 0.2) is 36.5 Å². The average molecular weight is 406 g/mol. The Morgan fingerprint density at radius 2 is 1.93 bits per heavy atom. The average Bonchev–Trinajstić information content (AvgIpc) is 3.17. The van der Waals surface area contributed by atoms with Crippen molar-refractivity contribution >= 4 is 17.4 Å². The van der Waals surface area contributed by atoms with E-state index in [0.717, 1.165) is 0 Å². The Labute approximate surface area is 163 Å². The molecular formula is C18H17F3N6O2. The Hall–Kier alpha value is -3.24. The highest BCUT2D eigenvalue weighted by Crippen LogP contribution is 2.28. The van der Waals surface area contributed by atoms with Gasteiger partial charge in [0.2, 0.25) is 0 Å². The molecule has 3 aromatic rings. The van der Waals surface area contributed by atoms with Gasteiger partial charge in [0.15, 0.2) is 5.65 Å². The van der Waals surface area contributed by atoms with E-state index in [-0.39, 0.29) is 24.1 Å². The molecule has 152 valence electrons. The molecular weight excluding hydrogens is 389 g/mol. The van der Waals surface area contributed by atoms with E-state index in [1.165, 1.54) is 6.07 Å². The van der Waals surface area contributed by atoms with Crippen molar-refractivity contribution in [2.75, 3.05) is 18.0 Å². The lowest BCUT2D eigenvalue weighted by Gasteiger charge is -2.31. The number of halogens is 3. The molecule has 0 aromatic carbocycles. The third-order valence-electron chi connectivity index (χ3n) is 4.74. The molecule has 4 rings (SSSR count). The fourth-order valence-corrected chi connectivity index (χ4v) is 3.22. The molecule has 1 aliphatic rings. The summed E-state index contributed by atoms with van der Waals surface area (Å²) in [5.41, 5.74) is 0.694. The Morgan fingerprint density at radius 3 is 2.62 bits per heavy atom. The van der Waals surface area contributed by atoms with Gasteiger partial charge in [-0.2, -0.15) is 17.7 Å². The molecule has 4 heterocycles. The van der Waals surface area contributed by atoms with E-state index in [0.29, 0.717) is 42.0 Å². The molecule has 29 heavy (non-hydrogen) atoms. The fourth-order valence-electron chi connectivity index (χ4n) is 3.22. The number of alkyl halides is 3. The maximum absolute atomic E-state index is 13.0. The lowest BCUT2D eigenvalue weighted by Crippen LogP contribution is -2.37. The zero-order valence-electron chi connectivity index (χ0n) is 15.2. The molecule has 0 spiro atoms. The maximum Gasteiger partial charge on any atom is 0.453 e. The van der Waals surface area contributed by atoms with E-state index >= 15 is 0 Å². The number of carbonyl (C=O) groups excluding carboxylic acids is 1. The van der Waals surface area contributed by atoms with Crippen molar-refractivity contribution < 1.29 is 22.7 Å². The topological polar surface area (TPSA) is 85.5 Å². The SMILES string of the molecule is O=C(OCc1ccccn1)C1CCN(c2ccc3nnc(C(F)(F)F)n3n2)CC1. The van der Waals surface area contributed by atoms with Crippen LogP contribution in [-0.4, -0.2) is 43.9 Å². The van der Waals surface area contributed by atoms with Crippen LogP contribution in [-0.2, 0) is 22.3 Å². The third-order valence-corrected chi connectivity index (χ3v) is 4.74. The molecule has 0 unspecified atom stereocenters. The molecule has 0 N–H and O–H groups in total. The first-order valence-corrected chi connectivity index (χ1v) is 9.03.